The van der Waals surface area contributed by atoms with Crippen molar-refractivity contribution in [3.8, 4) is 5.75 Å². The second-order valence-corrected chi connectivity index (χ2v) is 8.58. The molecule has 7 heteroatoms. The fourth-order valence-corrected chi connectivity index (χ4v) is 4.63. The average molecular weight is 388 g/mol. The van der Waals surface area contributed by atoms with Crippen molar-refractivity contribution in [1.29, 1.82) is 0 Å². The summed E-state index contributed by atoms with van der Waals surface area (Å²) >= 11 is 0. The first-order chi connectivity index (χ1) is 12.9. The van der Waals surface area contributed by atoms with E-state index in [-0.39, 0.29) is 16.4 Å². The molecule has 1 N–H and O–H groups in total. The standard InChI is InChI=1S/C20H24N2O4S/c1-15-5-7-16(8-6-15)14-21-20(23)18-13-17(9-10-19(18)26-2)27(24,25)22-11-3-4-12-22/h5-10,13H,3-4,11-12,14H2,1-2H3,(H,21,23). The van der Waals surface area contributed by atoms with Gasteiger partial charge in [0.05, 0.1) is 17.6 Å². The number of hydrogen-bond acceptors (Lipinski definition) is 4. The number of rotatable bonds is 6. The first kappa shape index (κ1) is 19.4. The third kappa shape index (κ3) is 4.31. The highest BCUT2D eigenvalue weighted by Crippen LogP contribution is 2.26. The molecule has 1 aliphatic heterocycles. The molecule has 1 amide bonds. The predicted molar refractivity (Wildman–Crippen MR) is 103 cm³/mol. The van der Waals surface area contributed by atoms with E-state index in [4.69, 9.17) is 4.74 Å². The molecule has 0 radical (unpaired) electrons. The Kier molecular flexibility index (Phi) is 5.82. The summed E-state index contributed by atoms with van der Waals surface area (Å²) in [5.41, 5.74) is 2.32. The van der Waals surface area contributed by atoms with Gasteiger partial charge in [-0.1, -0.05) is 29.8 Å². The van der Waals surface area contributed by atoms with E-state index in [0.29, 0.717) is 25.4 Å². The summed E-state index contributed by atoms with van der Waals surface area (Å²) in [5.74, 6) is -0.0253. The van der Waals surface area contributed by atoms with Crippen LogP contribution in [-0.4, -0.2) is 38.8 Å². The van der Waals surface area contributed by atoms with Gasteiger partial charge in [-0.2, -0.15) is 4.31 Å². The first-order valence-electron chi connectivity index (χ1n) is 8.94. The van der Waals surface area contributed by atoms with Crippen LogP contribution in [0.1, 0.15) is 34.3 Å². The number of hydrogen-bond donors (Lipinski definition) is 1. The second kappa shape index (κ2) is 8.10. The van der Waals surface area contributed by atoms with E-state index in [9.17, 15) is 13.2 Å². The monoisotopic (exact) mass is 388 g/mol. The number of sulfonamides is 1. The molecule has 1 heterocycles. The van der Waals surface area contributed by atoms with Crippen molar-refractivity contribution in [3.63, 3.8) is 0 Å². The number of carbonyl (C=O) groups is 1. The normalized spacial score (nSPS) is 14.9. The lowest BCUT2D eigenvalue weighted by Crippen LogP contribution is -2.28. The molecule has 1 saturated heterocycles. The molecule has 144 valence electrons. The van der Waals surface area contributed by atoms with Gasteiger partial charge in [0.1, 0.15) is 5.75 Å². The Morgan fingerprint density at radius 2 is 1.78 bits per heavy atom. The maximum Gasteiger partial charge on any atom is 0.255 e. The first-order valence-corrected chi connectivity index (χ1v) is 10.4. The number of ether oxygens (including phenoxy) is 1. The molecule has 27 heavy (non-hydrogen) atoms. The van der Waals surface area contributed by atoms with Gasteiger partial charge in [-0.25, -0.2) is 8.42 Å². The third-order valence-electron chi connectivity index (χ3n) is 4.69. The highest BCUT2D eigenvalue weighted by atomic mass is 32.2. The number of aryl methyl sites for hydroxylation is 1. The van der Waals surface area contributed by atoms with E-state index in [1.165, 1.54) is 29.6 Å². The van der Waals surface area contributed by atoms with Gasteiger partial charge in [0, 0.05) is 19.6 Å². The number of benzene rings is 2. The second-order valence-electron chi connectivity index (χ2n) is 6.64. The van der Waals surface area contributed by atoms with Crippen LogP contribution < -0.4 is 10.1 Å². The average Bonchev–Trinajstić information content (AvgIpc) is 3.22. The van der Waals surface area contributed by atoms with Gasteiger partial charge in [0.15, 0.2) is 0 Å². The number of carbonyl (C=O) groups excluding carboxylic acids is 1. The summed E-state index contributed by atoms with van der Waals surface area (Å²) < 4.78 is 32.3. The van der Waals surface area contributed by atoms with Crippen LogP contribution in [0.5, 0.6) is 5.75 Å². The highest BCUT2D eigenvalue weighted by molar-refractivity contribution is 7.89. The topological polar surface area (TPSA) is 75.7 Å². The Balaban J connectivity index is 1.82. The van der Waals surface area contributed by atoms with Gasteiger partial charge in [0.25, 0.3) is 5.91 Å². The van der Waals surface area contributed by atoms with Crippen molar-refractivity contribution >= 4 is 15.9 Å². The molecule has 0 aromatic heterocycles. The number of nitrogens with one attached hydrogen (secondary N) is 1. The van der Waals surface area contributed by atoms with Crippen LogP contribution >= 0.6 is 0 Å². The summed E-state index contributed by atoms with van der Waals surface area (Å²) in [6, 6.07) is 12.3. The Labute approximate surface area is 160 Å². The summed E-state index contributed by atoms with van der Waals surface area (Å²) in [6.07, 6.45) is 1.72. The van der Waals surface area contributed by atoms with Crippen LogP contribution in [0.15, 0.2) is 47.4 Å². The van der Waals surface area contributed by atoms with E-state index in [1.807, 2.05) is 31.2 Å². The molecule has 1 fully saturated rings. The van der Waals surface area contributed by atoms with E-state index in [1.54, 1.807) is 0 Å². The molecule has 0 bridgehead atoms. The Morgan fingerprint density at radius 1 is 1.11 bits per heavy atom. The number of nitrogens with zero attached hydrogens (tertiary/aromatic N) is 1. The van der Waals surface area contributed by atoms with E-state index >= 15 is 0 Å². The Hall–Kier alpha value is -2.38. The minimum absolute atomic E-state index is 0.116. The van der Waals surface area contributed by atoms with Crippen LogP contribution in [0.3, 0.4) is 0 Å². The molecule has 0 unspecified atom stereocenters. The smallest absolute Gasteiger partial charge is 0.255 e. The largest absolute Gasteiger partial charge is 0.496 e. The minimum atomic E-state index is -3.59. The zero-order valence-electron chi connectivity index (χ0n) is 15.6. The number of methoxy groups -OCH3 is 1. The molecule has 0 saturated carbocycles. The molecule has 2 aromatic rings. The third-order valence-corrected chi connectivity index (χ3v) is 6.59. The number of amides is 1. The van der Waals surface area contributed by atoms with E-state index in [2.05, 4.69) is 5.32 Å². The van der Waals surface area contributed by atoms with Crippen LogP contribution in [-0.2, 0) is 16.6 Å². The van der Waals surface area contributed by atoms with Crippen LogP contribution in [0, 0.1) is 6.92 Å². The van der Waals surface area contributed by atoms with Gasteiger partial charge < -0.3 is 10.1 Å². The molecule has 6 nitrogen and oxygen atoms in total. The van der Waals surface area contributed by atoms with Gasteiger partial charge in [-0.15, -0.1) is 0 Å². The van der Waals surface area contributed by atoms with Crippen molar-refractivity contribution < 1.29 is 17.9 Å². The zero-order chi connectivity index (χ0) is 19.4. The SMILES string of the molecule is COc1ccc(S(=O)(=O)N2CCCC2)cc1C(=O)NCc1ccc(C)cc1. The fourth-order valence-electron chi connectivity index (χ4n) is 3.09. The zero-order valence-corrected chi connectivity index (χ0v) is 16.4. The quantitative estimate of drug-likeness (QED) is 0.826. The molecule has 0 aliphatic carbocycles. The van der Waals surface area contributed by atoms with Crippen molar-refractivity contribution in [1.82, 2.24) is 9.62 Å². The molecule has 3 rings (SSSR count). The predicted octanol–water partition coefficient (Wildman–Crippen LogP) is 2.72. The van der Waals surface area contributed by atoms with Crippen LogP contribution in [0.2, 0.25) is 0 Å². The van der Waals surface area contributed by atoms with Crippen LogP contribution in [0.4, 0.5) is 0 Å². The van der Waals surface area contributed by atoms with Gasteiger partial charge in [-0.3, -0.25) is 4.79 Å². The maximum atomic E-state index is 12.8. The Bertz CT molecular complexity index is 917. The minimum Gasteiger partial charge on any atom is -0.496 e. The molecule has 0 spiro atoms. The van der Waals surface area contributed by atoms with Gasteiger partial charge in [-0.05, 0) is 43.5 Å². The summed E-state index contributed by atoms with van der Waals surface area (Å²) in [5, 5.41) is 2.83. The van der Waals surface area contributed by atoms with Crippen molar-refractivity contribution in [2.45, 2.75) is 31.2 Å². The van der Waals surface area contributed by atoms with Crippen molar-refractivity contribution in [2.24, 2.45) is 0 Å². The van der Waals surface area contributed by atoms with E-state index < -0.39 is 10.0 Å². The van der Waals surface area contributed by atoms with Crippen molar-refractivity contribution in [3.05, 3.63) is 59.2 Å². The van der Waals surface area contributed by atoms with E-state index in [0.717, 1.165) is 24.0 Å². The van der Waals surface area contributed by atoms with Crippen molar-refractivity contribution in [2.75, 3.05) is 20.2 Å². The maximum absolute atomic E-state index is 12.8. The van der Waals surface area contributed by atoms with Crippen LogP contribution in [0.25, 0.3) is 0 Å². The van der Waals surface area contributed by atoms with Gasteiger partial charge in [0.2, 0.25) is 10.0 Å². The Morgan fingerprint density at radius 3 is 2.41 bits per heavy atom. The molecular formula is C20H24N2O4S. The highest BCUT2D eigenvalue weighted by Gasteiger charge is 2.28. The molecule has 2 aromatic carbocycles. The lowest BCUT2D eigenvalue weighted by molar-refractivity contribution is 0.0947. The lowest BCUT2D eigenvalue weighted by Gasteiger charge is -2.17. The summed E-state index contributed by atoms with van der Waals surface area (Å²) in [6.45, 7) is 3.39. The molecule has 1 aliphatic rings. The summed E-state index contributed by atoms with van der Waals surface area (Å²) in [7, 11) is -2.13. The van der Waals surface area contributed by atoms with Gasteiger partial charge >= 0.3 is 0 Å². The molecule has 0 atom stereocenters. The summed E-state index contributed by atoms with van der Waals surface area (Å²) in [4.78, 5) is 12.8. The molecular weight excluding hydrogens is 364 g/mol. The lowest BCUT2D eigenvalue weighted by atomic mass is 10.1. The fraction of sp³-hybridized carbons (Fsp3) is 0.350.